The van der Waals surface area contributed by atoms with Crippen molar-refractivity contribution in [3.05, 3.63) is 89.5 Å². The van der Waals surface area contributed by atoms with Gasteiger partial charge in [0, 0.05) is 31.1 Å². The van der Waals surface area contributed by atoms with Crippen molar-refractivity contribution in [2.24, 2.45) is 14.1 Å². The van der Waals surface area contributed by atoms with Gasteiger partial charge in [0.2, 0.25) is 0 Å². The number of anilines is 1. The summed E-state index contributed by atoms with van der Waals surface area (Å²) in [5, 5.41) is 9.13. The topological polar surface area (TPSA) is 69.8 Å². The Kier molecular flexibility index (Phi) is 5.99. The molecule has 1 unspecified atom stereocenters. The molecule has 0 fully saturated rings. The average Bonchev–Trinajstić information content (AvgIpc) is 3.35. The molecule has 0 aliphatic carbocycles. The molecule has 3 heterocycles. The number of fused-ring (bicyclic) bond motifs is 1. The molecule has 35 heavy (non-hydrogen) atoms. The van der Waals surface area contributed by atoms with Gasteiger partial charge in [-0.3, -0.25) is 4.68 Å². The van der Waals surface area contributed by atoms with Gasteiger partial charge in [-0.05, 0) is 56.7 Å². The molecule has 3 aromatic heterocycles. The molecule has 1 N–H and O–H groups in total. The number of nitrogens with one attached hydrogen (secondary N) is 1. The zero-order valence-electron chi connectivity index (χ0n) is 20.8. The van der Waals surface area contributed by atoms with Crippen LogP contribution in [0.25, 0.3) is 22.3 Å². The van der Waals surface area contributed by atoms with E-state index in [1.165, 1.54) is 10.9 Å². The predicted molar refractivity (Wildman–Crippen MR) is 139 cm³/mol. The van der Waals surface area contributed by atoms with Crippen molar-refractivity contribution >= 4 is 16.7 Å². The van der Waals surface area contributed by atoms with Crippen molar-refractivity contribution in [3.63, 3.8) is 0 Å². The van der Waals surface area contributed by atoms with Crippen molar-refractivity contribution in [1.29, 1.82) is 0 Å². The van der Waals surface area contributed by atoms with Crippen LogP contribution in [0.4, 0.5) is 5.82 Å². The second-order valence-electron chi connectivity index (χ2n) is 8.96. The quantitative estimate of drug-likeness (QED) is 0.331. The number of benzene rings is 2. The number of aromatic nitrogens is 5. The summed E-state index contributed by atoms with van der Waals surface area (Å²) in [6.45, 7) is 6.51. The highest BCUT2D eigenvalue weighted by Gasteiger charge is 2.13. The first-order valence-corrected chi connectivity index (χ1v) is 11.8. The van der Waals surface area contributed by atoms with E-state index in [0.717, 1.165) is 45.7 Å². The standard InChI is InChI=1S/C28H30N6O/c1-18-13-23(34(5)32-18)17-35-24-11-8-10-21(14-24)19(2)29-28-16-25(30-20(3)31-28)27-15-22-9-6-7-12-26(22)33(27)4/h6-16,19H,17H2,1-5H3,(H,29,30,31). The lowest BCUT2D eigenvalue weighted by molar-refractivity contribution is 0.294. The van der Waals surface area contributed by atoms with Crippen molar-refractivity contribution < 1.29 is 4.74 Å². The maximum Gasteiger partial charge on any atom is 0.130 e. The molecule has 1 atom stereocenters. The molecular weight excluding hydrogens is 436 g/mol. The molecule has 0 spiro atoms. The molecule has 0 amide bonds. The van der Waals surface area contributed by atoms with Crippen LogP contribution < -0.4 is 10.1 Å². The van der Waals surface area contributed by atoms with Crippen LogP contribution >= 0.6 is 0 Å². The van der Waals surface area contributed by atoms with Gasteiger partial charge in [0.05, 0.1) is 28.8 Å². The van der Waals surface area contributed by atoms with Crippen molar-refractivity contribution in [1.82, 2.24) is 24.3 Å². The fourth-order valence-electron chi connectivity index (χ4n) is 4.44. The number of nitrogens with zero attached hydrogens (tertiary/aromatic N) is 5. The van der Waals surface area contributed by atoms with Crippen molar-refractivity contribution in [2.45, 2.75) is 33.4 Å². The van der Waals surface area contributed by atoms with E-state index in [4.69, 9.17) is 9.72 Å². The predicted octanol–water partition coefficient (Wildman–Crippen LogP) is 5.74. The number of hydrogen-bond donors (Lipinski definition) is 1. The summed E-state index contributed by atoms with van der Waals surface area (Å²) in [5.74, 6) is 2.35. The van der Waals surface area contributed by atoms with Gasteiger partial charge < -0.3 is 14.6 Å². The molecule has 2 aromatic carbocycles. The van der Waals surface area contributed by atoms with Gasteiger partial charge in [-0.15, -0.1) is 0 Å². The maximum absolute atomic E-state index is 6.05. The molecule has 0 aliphatic rings. The Morgan fingerprint density at radius 1 is 0.943 bits per heavy atom. The van der Waals surface area contributed by atoms with Crippen LogP contribution in [-0.2, 0) is 20.7 Å². The smallest absolute Gasteiger partial charge is 0.130 e. The van der Waals surface area contributed by atoms with Gasteiger partial charge in [0.1, 0.15) is 24.0 Å². The average molecular weight is 467 g/mol. The zero-order valence-corrected chi connectivity index (χ0v) is 20.8. The van der Waals surface area contributed by atoms with E-state index in [-0.39, 0.29) is 6.04 Å². The van der Waals surface area contributed by atoms with E-state index >= 15 is 0 Å². The Labute approximate surface area is 205 Å². The van der Waals surface area contributed by atoms with Crippen molar-refractivity contribution in [2.75, 3.05) is 5.32 Å². The summed E-state index contributed by atoms with van der Waals surface area (Å²) in [7, 11) is 4.01. The number of rotatable bonds is 7. The Morgan fingerprint density at radius 3 is 2.54 bits per heavy atom. The van der Waals surface area contributed by atoms with Crippen LogP contribution in [0.3, 0.4) is 0 Å². The first kappa shape index (κ1) is 22.7. The van der Waals surface area contributed by atoms with Crippen LogP contribution in [0.5, 0.6) is 5.75 Å². The molecule has 7 nitrogen and oxygen atoms in total. The SMILES string of the molecule is Cc1cc(COc2cccc(C(C)Nc3cc(-c4cc5ccccc5n4C)nc(C)n3)c2)n(C)n1. The summed E-state index contributed by atoms with van der Waals surface area (Å²) in [6.07, 6.45) is 0. The van der Waals surface area contributed by atoms with Crippen LogP contribution in [0.2, 0.25) is 0 Å². The highest BCUT2D eigenvalue weighted by molar-refractivity contribution is 5.86. The monoisotopic (exact) mass is 466 g/mol. The molecular formula is C28H30N6O. The minimum Gasteiger partial charge on any atom is -0.487 e. The third kappa shape index (κ3) is 4.75. The lowest BCUT2D eigenvalue weighted by Gasteiger charge is -2.17. The second-order valence-corrected chi connectivity index (χ2v) is 8.96. The molecule has 0 bridgehead atoms. The third-order valence-electron chi connectivity index (χ3n) is 6.26. The Bertz CT molecular complexity index is 1500. The van der Waals surface area contributed by atoms with Crippen LogP contribution in [0.15, 0.2) is 66.7 Å². The van der Waals surface area contributed by atoms with Gasteiger partial charge in [0.25, 0.3) is 0 Å². The molecule has 5 aromatic rings. The molecule has 5 rings (SSSR count). The Hall–Kier alpha value is -4.13. The van der Waals surface area contributed by atoms with Crippen LogP contribution in [-0.4, -0.2) is 24.3 Å². The van der Waals surface area contributed by atoms with Gasteiger partial charge in [-0.2, -0.15) is 5.10 Å². The summed E-state index contributed by atoms with van der Waals surface area (Å²) >= 11 is 0. The van der Waals surface area contributed by atoms with E-state index in [9.17, 15) is 0 Å². The van der Waals surface area contributed by atoms with Crippen LogP contribution in [0.1, 0.15) is 35.7 Å². The van der Waals surface area contributed by atoms with E-state index in [0.29, 0.717) is 6.61 Å². The van der Waals surface area contributed by atoms with E-state index in [1.807, 2.05) is 49.8 Å². The normalized spacial score (nSPS) is 12.1. The van der Waals surface area contributed by atoms with Gasteiger partial charge in [-0.25, -0.2) is 9.97 Å². The highest BCUT2D eigenvalue weighted by Crippen LogP contribution is 2.29. The van der Waals surface area contributed by atoms with Crippen LogP contribution in [0, 0.1) is 13.8 Å². The van der Waals surface area contributed by atoms with Gasteiger partial charge in [-0.1, -0.05) is 30.3 Å². The number of aryl methyl sites for hydroxylation is 4. The molecule has 0 saturated carbocycles. The zero-order chi connectivity index (χ0) is 24.5. The van der Waals surface area contributed by atoms with E-state index in [1.54, 1.807) is 0 Å². The second kappa shape index (κ2) is 9.25. The maximum atomic E-state index is 6.05. The Morgan fingerprint density at radius 2 is 1.77 bits per heavy atom. The van der Waals surface area contributed by atoms with Gasteiger partial charge >= 0.3 is 0 Å². The number of hydrogen-bond acceptors (Lipinski definition) is 5. The largest absolute Gasteiger partial charge is 0.487 e. The third-order valence-corrected chi connectivity index (χ3v) is 6.26. The summed E-state index contributed by atoms with van der Waals surface area (Å²) in [6, 6.07) is 22.8. The van der Waals surface area contributed by atoms with E-state index < -0.39 is 0 Å². The fourth-order valence-corrected chi connectivity index (χ4v) is 4.44. The summed E-state index contributed by atoms with van der Waals surface area (Å²) in [4.78, 5) is 9.36. The van der Waals surface area contributed by atoms with Crippen molar-refractivity contribution in [3.8, 4) is 17.1 Å². The molecule has 7 heteroatoms. The summed E-state index contributed by atoms with van der Waals surface area (Å²) < 4.78 is 10.1. The number of para-hydroxylation sites is 1. The fraction of sp³-hybridized carbons (Fsp3) is 0.250. The minimum absolute atomic E-state index is 0.0344. The molecule has 0 radical (unpaired) electrons. The first-order chi connectivity index (χ1) is 16.9. The first-order valence-electron chi connectivity index (χ1n) is 11.8. The minimum atomic E-state index is 0.0344. The Balaban J connectivity index is 1.35. The number of ether oxygens (including phenoxy) is 1. The molecule has 0 saturated heterocycles. The van der Waals surface area contributed by atoms with E-state index in [2.05, 4.69) is 76.4 Å². The lowest BCUT2D eigenvalue weighted by Crippen LogP contribution is -2.10. The molecule has 0 aliphatic heterocycles. The highest BCUT2D eigenvalue weighted by atomic mass is 16.5. The summed E-state index contributed by atoms with van der Waals surface area (Å²) in [5.41, 5.74) is 6.28. The molecule has 178 valence electrons. The lowest BCUT2D eigenvalue weighted by atomic mass is 10.1. The van der Waals surface area contributed by atoms with Gasteiger partial charge in [0.15, 0.2) is 0 Å².